The molecule has 2 rings (SSSR count). The fraction of sp³-hybridized carbons (Fsp3) is 0.500. The van der Waals surface area contributed by atoms with Crippen molar-refractivity contribution in [1.82, 2.24) is 15.1 Å². The van der Waals surface area contributed by atoms with Gasteiger partial charge in [0.25, 0.3) is 0 Å². The van der Waals surface area contributed by atoms with Crippen LogP contribution < -0.4 is 5.32 Å². The zero-order valence-electron chi connectivity index (χ0n) is 13.0. The van der Waals surface area contributed by atoms with E-state index in [0.29, 0.717) is 24.8 Å². The molecule has 22 heavy (non-hydrogen) atoms. The average molecular weight is 324 g/mol. The molecule has 1 aromatic rings. The minimum absolute atomic E-state index is 0.0367. The Hall–Kier alpha value is -1.59. The standard InChI is InChI=1S/C16H22ClN3O2/c1-3-14(12-5-7-13(17)8-6-12)18-15(21)9-19-10-16(22)20(4-2)11-19/h5-8,14H,3-4,9-11H2,1-2H3,(H,18,21)/t14-/m1/s1. The van der Waals surface area contributed by atoms with Gasteiger partial charge in [0, 0.05) is 11.6 Å². The minimum atomic E-state index is -0.0625. The average Bonchev–Trinajstić information content (AvgIpc) is 2.85. The SMILES string of the molecule is CC[C@@H](NC(=O)CN1CC(=O)N(CC)C1)c1ccc(Cl)cc1. The van der Waals surface area contributed by atoms with Crippen LogP contribution in [0, 0.1) is 0 Å². The second-order valence-corrected chi connectivity index (χ2v) is 5.89. The number of nitrogens with one attached hydrogen (secondary N) is 1. The van der Waals surface area contributed by atoms with E-state index in [4.69, 9.17) is 11.6 Å². The van der Waals surface area contributed by atoms with E-state index in [0.717, 1.165) is 12.0 Å². The number of likely N-dealkylation sites (N-methyl/N-ethyl adjacent to an activating group) is 1. The predicted molar refractivity (Wildman–Crippen MR) is 86.5 cm³/mol. The molecule has 6 heteroatoms. The molecule has 0 spiro atoms. The van der Waals surface area contributed by atoms with Crippen molar-refractivity contribution in [2.75, 3.05) is 26.3 Å². The van der Waals surface area contributed by atoms with Crippen molar-refractivity contribution >= 4 is 23.4 Å². The van der Waals surface area contributed by atoms with Gasteiger partial charge >= 0.3 is 0 Å². The molecule has 2 amide bonds. The molecular formula is C16H22ClN3O2. The first-order valence-electron chi connectivity index (χ1n) is 7.58. The number of rotatable bonds is 6. The van der Waals surface area contributed by atoms with E-state index in [1.807, 2.05) is 43.0 Å². The van der Waals surface area contributed by atoms with Crippen LogP contribution in [-0.2, 0) is 9.59 Å². The summed E-state index contributed by atoms with van der Waals surface area (Å²) in [7, 11) is 0. The van der Waals surface area contributed by atoms with Gasteiger partial charge in [0.2, 0.25) is 11.8 Å². The zero-order valence-corrected chi connectivity index (χ0v) is 13.8. The van der Waals surface area contributed by atoms with Crippen molar-refractivity contribution in [2.24, 2.45) is 0 Å². The van der Waals surface area contributed by atoms with Crippen molar-refractivity contribution in [3.63, 3.8) is 0 Å². The topological polar surface area (TPSA) is 52.7 Å². The molecule has 1 N–H and O–H groups in total. The van der Waals surface area contributed by atoms with Crippen molar-refractivity contribution in [3.8, 4) is 0 Å². The maximum absolute atomic E-state index is 12.2. The summed E-state index contributed by atoms with van der Waals surface area (Å²) >= 11 is 5.89. The van der Waals surface area contributed by atoms with E-state index in [-0.39, 0.29) is 24.4 Å². The van der Waals surface area contributed by atoms with Crippen LogP contribution in [0.5, 0.6) is 0 Å². The number of hydrogen-bond acceptors (Lipinski definition) is 3. The lowest BCUT2D eigenvalue weighted by molar-refractivity contribution is -0.126. The second-order valence-electron chi connectivity index (χ2n) is 5.46. The number of halogens is 1. The Labute approximate surface area is 136 Å². The predicted octanol–water partition coefficient (Wildman–Crippen LogP) is 2.03. The lowest BCUT2D eigenvalue weighted by atomic mass is 10.0. The number of carbonyl (C=O) groups excluding carboxylic acids is 2. The molecule has 0 bridgehead atoms. The van der Waals surface area contributed by atoms with E-state index < -0.39 is 0 Å². The molecule has 1 aliphatic rings. The third-order valence-corrected chi connectivity index (χ3v) is 4.10. The van der Waals surface area contributed by atoms with Crippen LogP contribution >= 0.6 is 11.6 Å². The Bertz CT molecular complexity index is 533. The van der Waals surface area contributed by atoms with Crippen LogP contribution in [-0.4, -0.2) is 47.9 Å². The normalized spacial score (nSPS) is 16.9. The van der Waals surface area contributed by atoms with E-state index in [1.165, 1.54) is 0 Å². The van der Waals surface area contributed by atoms with Gasteiger partial charge in [-0.3, -0.25) is 14.5 Å². The monoisotopic (exact) mass is 323 g/mol. The summed E-state index contributed by atoms with van der Waals surface area (Å²) in [6.07, 6.45) is 0.799. The molecule has 0 aliphatic carbocycles. The molecule has 0 aromatic heterocycles. The van der Waals surface area contributed by atoms with Gasteiger partial charge in [-0.1, -0.05) is 30.7 Å². The number of hydrogen-bond donors (Lipinski definition) is 1. The van der Waals surface area contributed by atoms with Gasteiger partial charge in [-0.2, -0.15) is 0 Å². The first-order valence-corrected chi connectivity index (χ1v) is 7.96. The van der Waals surface area contributed by atoms with E-state index in [9.17, 15) is 9.59 Å². The second kappa shape index (κ2) is 7.61. The lowest BCUT2D eigenvalue weighted by Gasteiger charge is -2.20. The van der Waals surface area contributed by atoms with Crippen LogP contribution in [0.2, 0.25) is 5.02 Å². The Morgan fingerprint density at radius 2 is 2.00 bits per heavy atom. The first-order chi connectivity index (χ1) is 10.5. The minimum Gasteiger partial charge on any atom is -0.348 e. The van der Waals surface area contributed by atoms with Gasteiger partial charge in [-0.05, 0) is 31.0 Å². The van der Waals surface area contributed by atoms with Crippen LogP contribution in [0.3, 0.4) is 0 Å². The highest BCUT2D eigenvalue weighted by molar-refractivity contribution is 6.30. The highest BCUT2D eigenvalue weighted by atomic mass is 35.5. The van der Waals surface area contributed by atoms with Crippen LogP contribution in [0.25, 0.3) is 0 Å². The quantitative estimate of drug-likeness (QED) is 0.871. The van der Waals surface area contributed by atoms with Crippen LogP contribution in [0.15, 0.2) is 24.3 Å². The van der Waals surface area contributed by atoms with Gasteiger partial charge in [0.1, 0.15) is 0 Å². The Morgan fingerprint density at radius 3 is 2.55 bits per heavy atom. The first kappa shape index (κ1) is 16.8. The molecule has 1 aliphatic heterocycles. The fourth-order valence-electron chi connectivity index (χ4n) is 2.60. The van der Waals surface area contributed by atoms with E-state index >= 15 is 0 Å². The molecule has 0 radical (unpaired) electrons. The maximum atomic E-state index is 12.2. The largest absolute Gasteiger partial charge is 0.348 e. The summed E-state index contributed by atoms with van der Waals surface area (Å²) < 4.78 is 0. The number of benzene rings is 1. The van der Waals surface area contributed by atoms with Crippen molar-refractivity contribution in [3.05, 3.63) is 34.9 Å². The molecule has 0 unspecified atom stereocenters. The van der Waals surface area contributed by atoms with Crippen LogP contribution in [0.1, 0.15) is 31.9 Å². The highest BCUT2D eigenvalue weighted by Crippen LogP contribution is 2.19. The summed E-state index contributed by atoms with van der Waals surface area (Å²) in [5.41, 5.74) is 1.04. The molecule has 120 valence electrons. The Morgan fingerprint density at radius 1 is 1.32 bits per heavy atom. The van der Waals surface area contributed by atoms with Gasteiger partial charge in [-0.25, -0.2) is 0 Å². The van der Waals surface area contributed by atoms with Crippen molar-refractivity contribution in [1.29, 1.82) is 0 Å². The maximum Gasteiger partial charge on any atom is 0.237 e. The smallest absolute Gasteiger partial charge is 0.237 e. The molecule has 1 saturated heterocycles. The van der Waals surface area contributed by atoms with Crippen molar-refractivity contribution in [2.45, 2.75) is 26.3 Å². The summed E-state index contributed by atoms with van der Waals surface area (Å²) in [5.74, 6) is 0.0209. The summed E-state index contributed by atoms with van der Waals surface area (Å²) in [4.78, 5) is 27.5. The third kappa shape index (κ3) is 4.21. The fourth-order valence-corrected chi connectivity index (χ4v) is 2.73. The lowest BCUT2D eigenvalue weighted by Crippen LogP contribution is -2.38. The van der Waals surface area contributed by atoms with Gasteiger partial charge < -0.3 is 10.2 Å². The van der Waals surface area contributed by atoms with Gasteiger partial charge in [0.05, 0.1) is 25.8 Å². The third-order valence-electron chi connectivity index (χ3n) is 3.85. The molecule has 5 nitrogen and oxygen atoms in total. The molecule has 1 heterocycles. The van der Waals surface area contributed by atoms with E-state index in [2.05, 4.69) is 5.32 Å². The zero-order chi connectivity index (χ0) is 16.1. The van der Waals surface area contributed by atoms with E-state index in [1.54, 1.807) is 4.90 Å². The highest BCUT2D eigenvalue weighted by Gasteiger charge is 2.27. The number of amides is 2. The number of carbonyl (C=O) groups is 2. The van der Waals surface area contributed by atoms with Gasteiger partial charge in [0.15, 0.2) is 0 Å². The molecule has 0 saturated carbocycles. The summed E-state index contributed by atoms with van der Waals surface area (Å²) in [5, 5.41) is 3.70. The molecule has 1 aromatic carbocycles. The van der Waals surface area contributed by atoms with Crippen LogP contribution in [0.4, 0.5) is 0 Å². The van der Waals surface area contributed by atoms with Gasteiger partial charge in [-0.15, -0.1) is 0 Å². The Kier molecular flexibility index (Phi) is 5.80. The summed E-state index contributed by atoms with van der Waals surface area (Å²) in [6.45, 7) is 5.73. The number of nitrogens with zero attached hydrogens (tertiary/aromatic N) is 2. The summed E-state index contributed by atoms with van der Waals surface area (Å²) in [6, 6.07) is 7.46. The molecule has 1 atom stereocenters. The Balaban J connectivity index is 1.90. The van der Waals surface area contributed by atoms with Crippen molar-refractivity contribution < 1.29 is 9.59 Å². The molecular weight excluding hydrogens is 302 g/mol. The molecule has 1 fully saturated rings.